The highest BCUT2D eigenvalue weighted by molar-refractivity contribution is 7.84. The van der Waals surface area contributed by atoms with Gasteiger partial charge in [-0.2, -0.15) is 0 Å². The van der Waals surface area contributed by atoms with E-state index < -0.39 is 34.3 Å². The molecule has 51 heavy (non-hydrogen) atoms. The van der Waals surface area contributed by atoms with Crippen LogP contribution in [0.2, 0.25) is 0 Å². The largest absolute Gasteiger partial charge is 0.324 e. The highest BCUT2D eigenvalue weighted by Gasteiger charge is 2.30. The van der Waals surface area contributed by atoms with Crippen molar-refractivity contribution in [3.63, 3.8) is 0 Å². The molecule has 4 aromatic rings. The number of rotatable bonds is 6. The molecule has 3 atom stereocenters. The van der Waals surface area contributed by atoms with Crippen molar-refractivity contribution in [2.75, 3.05) is 10.6 Å². The van der Waals surface area contributed by atoms with Crippen molar-refractivity contribution in [3.8, 4) is 0 Å². The van der Waals surface area contributed by atoms with Gasteiger partial charge < -0.3 is 16.4 Å². The van der Waals surface area contributed by atoms with Crippen molar-refractivity contribution in [2.24, 2.45) is 5.73 Å². The Labute approximate surface area is 305 Å². The van der Waals surface area contributed by atoms with Gasteiger partial charge in [-0.3, -0.25) is 9.59 Å². The normalized spacial score (nSPS) is 16.1. The number of benzene rings is 4. The molecule has 0 aromatic heterocycles. The van der Waals surface area contributed by atoms with E-state index in [1.54, 1.807) is 24.3 Å². The van der Waals surface area contributed by atoms with Gasteiger partial charge in [-0.05, 0) is 105 Å². The third-order valence-electron chi connectivity index (χ3n) is 8.24. The van der Waals surface area contributed by atoms with Crippen LogP contribution in [0.3, 0.4) is 0 Å². The van der Waals surface area contributed by atoms with Gasteiger partial charge >= 0.3 is 0 Å². The summed E-state index contributed by atoms with van der Waals surface area (Å²) in [5.74, 6) is -4.63. The summed E-state index contributed by atoms with van der Waals surface area (Å²) in [6, 6.07) is 17.2. The zero-order valence-electron chi connectivity index (χ0n) is 27.0. The monoisotopic (exact) mass is 748 g/mol. The van der Waals surface area contributed by atoms with Gasteiger partial charge in [-0.15, -0.1) is 12.4 Å². The predicted octanol–water partition coefficient (Wildman–Crippen LogP) is 9.11. The molecular weight excluding hydrogens is 704 g/mol. The van der Waals surface area contributed by atoms with E-state index in [4.69, 9.17) is 5.73 Å². The molecule has 4 aromatic carbocycles. The summed E-state index contributed by atoms with van der Waals surface area (Å²) in [5, 5.41) is 5.19. The second-order valence-corrected chi connectivity index (χ2v) is 14.6. The summed E-state index contributed by atoms with van der Waals surface area (Å²) in [6.07, 6.45) is 2.98. The third-order valence-corrected chi connectivity index (χ3v) is 9.85. The fraction of sp³-hybridized carbons (Fsp3) is 0.316. The Morgan fingerprint density at radius 1 is 0.706 bits per heavy atom. The first-order chi connectivity index (χ1) is 22.7. The van der Waals surface area contributed by atoms with Gasteiger partial charge in [0.1, 0.15) is 0 Å². The molecule has 2 aliphatic rings. The molecule has 0 radical (unpaired) electrons. The lowest BCUT2D eigenvalue weighted by molar-refractivity contribution is 0.101. The molecule has 0 heterocycles. The molecule has 5 N–H and O–H groups in total. The molecule has 0 unspecified atom stereocenters. The van der Waals surface area contributed by atoms with E-state index in [0.717, 1.165) is 65.8 Å². The Hall–Kier alpha value is -4.10. The number of fused-ring (bicyclic) bond motifs is 2. The first-order valence-electron chi connectivity index (χ1n) is 15.4. The van der Waals surface area contributed by atoms with Crippen LogP contribution in [0, 0.1) is 23.3 Å². The number of nitrogens with one attached hydrogen (secondary N) is 3. The number of halogens is 5. The molecule has 0 saturated heterocycles. The minimum absolute atomic E-state index is 0. The SMILES string of the molecule is C.C.CC(C)(C)[S@](=O)N[C@H]1CCc2c(C(=O)Nc3ccc(F)c(F)c3)cccc21.Cl.N[C@H]1CCc2c(C(=O)Nc3ccc(F)c(F)c3)cccc21. The van der Waals surface area contributed by atoms with Crippen LogP contribution in [0.25, 0.3) is 0 Å². The molecule has 2 amide bonds. The Balaban J connectivity index is 0.000000342. The van der Waals surface area contributed by atoms with Gasteiger partial charge in [-0.1, -0.05) is 39.1 Å². The lowest BCUT2D eigenvalue weighted by atomic mass is 10.0. The zero-order valence-corrected chi connectivity index (χ0v) is 28.7. The number of amides is 2. The fourth-order valence-electron chi connectivity index (χ4n) is 5.74. The summed E-state index contributed by atoms with van der Waals surface area (Å²) in [4.78, 5) is 25.0. The van der Waals surface area contributed by atoms with Crippen LogP contribution in [-0.2, 0) is 23.8 Å². The standard InChI is InChI=1S/C20H22F2N2O2S.C16H14F2N2O.2CH4.ClH/c1-20(2,3)27(26)24-18-10-8-13-14(18)5-4-6-15(13)19(25)23-12-7-9-16(21)17(22)11-12;17-13-6-4-9(8-14(13)18)20-16(21)12-3-1-2-11-10(12)5-7-15(11)19;;;/h4-7,9,11,18,24H,8,10H2,1-3H3,(H,23,25);1-4,6,8,15H,5,7,19H2,(H,20,21);2*1H4;1H/t18-,27-;15-;;;/m00.../s1. The van der Waals surface area contributed by atoms with E-state index in [0.29, 0.717) is 17.5 Å². The Morgan fingerprint density at radius 3 is 1.63 bits per heavy atom. The summed E-state index contributed by atoms with van der Waals surface area (Å²) < 4.78 is 67.6. The van der Waals surface area contributed by atoms with Crippen LogP contribution < -0.4 is 21.1 Å². The maximum atomic E-state index is 13.4. The molecule has 6 rings (SSSR count). The van der Waals surface area contributed by atoms with Gasteiger partial charge in [0.25, 0.3) is 11.8 Å². The van der Waals surface area contributed by atoms with Gasteiger partial charge in [0.2, 0.25) is 0 Å². The van der Waals surface area contributed by atoms with Crippen molar-refractivity contribution >= 4 is 46.6 Å². The topological polar surface area (TPSA) is 113 Å². The van der Waals surface area contributed by atoms with Crippen LogP contribution in [0.1, 0.15) is 104 Å². The van der Waals surface area contributed by atoms with E-state index in [-0.39, 0.29) is 67.3 Å². The Kier molecular flexibility index (Phi) is 15.1. The van der Waals surface area contributed by atoms with E-state index in [9.17, 15) is 31.4 Å². The summed E-state index contributed by atoms with van der Waals surface area (Å²) >= 11 is 0. The first kappa shape index (κ1) is 43.1. The van der Waals surface area contributed by atoms with Gasteiger partial charge in [0.15, 0.2) is 23.3 Å². The quantitative estimate of drug-likeness (QED) is 0.147. The van der Waals surface area contributed by atoms with Crippen LogP contribution in [0.4, 0.5) is 28.9 Å². The van der Waals surface area contributed by atoms with Crippen molar-refractivity contribution in [1.29, 1.82) is 0 Å². The molecule has 0 fully saturated rings. The van der Waals surface area contributed by atoms with Crippen LogP contribution in [-0.4, -0.2) is 20.8 Å². The van der Waals surface area contributed by atoms with Crippen molar-refractivity contribution in [1.82, 2.24) is 4.72 Å². The van der Waals surface area contributed by atoms with Crippen LogP contribution in [0.15, 0.2) is 72.8 Å². The van der Waals surface area contributed by atoms with E-state index in [1.807, 2.05) is 32.9 Å². The molecule has 13 heteroatoms. The molecule has 0 saturated carbocycles. The molecule has 2 aliphatic carbocycles. The lowest BCUT2D eigenvalue weighted by Gasteiger charge is -2.22. The van der Waals surface area contributed by atoms with Crippen molar-refractivity contribution < 1.29 is 31.4 Å². The third kappa shape index (κ3) is 10.0. The fourth-order valence-corrected chi connectivity index (χ4v) is 6.60. The lowest BCUT2D eigenvalue weighted by Crippen LogP contribution is -2.35. The van der Waals surface area contributed by atoms with Gasteiger partial charge in [0, 0.05) is 46.7 Å². The molecule has 0 aliphatic heterocycles. The van der Waals surface area contributed by atoms with E-state index >= 15 is 0 Å². The minimum atomic E-state index is -1.22. The van der Waals surface area contributed by atoms with E-state index in [2.05, 4.69) is 15.4 Å². The number of carbonyl (C=O) groups excluding carboxylic acids is 2. The van der Waals surface area contributed by atoms with Crippen molar-refractivity contribution in [2.45, 2.75) is 78.1 Å². The molecule has 7 nitrogen and oxygen atoms in total. The van der Waals surface area contributed by atoms with Gasteiger partial charge in [0.05, 0.1) is 15.7 Å². The smallest absolute Gasteiger partial charge is 0.255 e. The second kappa shape index (κ2) is 17.9. The number of carbonyl (C=O) groups is 2. The summed E-state index contributed by atoms with van der Waals surface area (Å²) in [5.41, 5.74) is 11.2. The number of anilines is 2. The van der Waals surface area contributed by atoms with Crippen LogP contribution in [0.5, 0.6) is 0 Å². The molecule has 0 bridgehead atoms. The van der Waals surface area contributed by atoms with Crippen LogP contribution >= 0.6 is 12.4 Å². The maximum Gasteiger partial charge on any atom is 0.255 e. The average molecular weight is 749 g/mol. The Morgan fingerprint density at radius 2 is 1.16 bits per heavy atom. The minimum Gasteiger partial charge on any atom is -0.324 e. The number of nitrogens with two attached hydrogens (primary N) is 1. The summed E-state index contributed by atoms with van der Waals surface area (Å²) in [6.45, 7) is 5.70. The predicted molar refractivity (Wildman–Crippen MR) is 200 cm³/mol. The molecule has 276 valence electrons. The Bertz CT molecular complexity index is 1900. The highest BCUT2D eigenvalue weighted by atomic mass is 35.5. The van der Waals surface area contributed by atoms with Crippen molar-refractivity contribution in [3.05, 3.63) is 129 Å². The zero-order chi connectivity index (χ0) is 34.7. The van der Waals surface area contributed by atoms with Gasteiger partial charge in [-0.25, -0.2) is 26.5 Å². The number of hydrogen-bond acceptors (Lipinski definition) is 4. The summed E-state index contributed by atoms with van der Waals surface area (Å²) in [7, 11) is -1.22. The number of hydrogen-bond donors (Lipinski definition) is 4. The highest BCUT2D eigenvalue weighted by Crippen LogP contribution is 2.35. The molecule has 0 spiro atoms. The second-order valence-electron chi connectivity index (χ2n) is 12.6. The molecular formula is C38H45ClF4N4O3S. The first-order valence-corrected chi connectivity index (χ1v) is 16.6. The average Bonchev–Trinajstić information content (AvgIpc) is 3.63. The maximum absolute atomic E-state index is 13.4. The van der Waals surface area contributed by atoms with E-state index in [1.165, 1.54) is 12.1 Å².